The third-order valence-corrected chi connectivity index (χ3v) is 3.92. The molecule has 6 nitrogen and oxygen atoms in total. The van der Waals surface area contributed by atoms with Gasteiger partial charge in [0.25, 0.3) is 0 Å². The molecule has 0 bridgehead atoms. The highest BCUT2D eigenvalue weighted by molar-refractivity contribution is 5.73. The number of hydrogen-bond donors (Lipinski definition) is 1. The van der Waals surface area contributed by atoms with E-state index in [0.717, 1.165) is 43.4 Å². The summed E-state index contributed by atoms with van der Waals surface area (Å²) >= 11 is 0. The van der Waals surface area contributed by atoms with Gasteiger partial charge in [-0.3, -0.25) is 4.79 Å². The second-order valence-corrected chi connectivity index (χ2v) is 9.46. The number of benzene rings is 1. The fourth-order valence-corrected chi connectivity index (χ4v) is 2.74. The summed E-state index contributed by atoms with van der Waals surface area (Å²) in [7, 11) is 0. The van der Waals surface area contributed by atoms with Crippen molar-refractivity contribution in [2.24, 2.45) is 0 Å². The summed E-state index contributed by atoms with van der Waals surface area (Å²) in [5, 5.41) is 2.78. The molecule has 0 fully saturated rings. The fraction of sp³-hybridized carbons (Fsp3) is 0.667. The molecule has 1 N–H and O–H groups in total. The summed E-state index contributed by atoms with van der Waals surface area (Å²) in [6.45, 7) is 12.4. The van der Waals surface area contributed by atoms with E-state index in [9.17, 15) is 9.59 Å². The van der Waals surface area contributed by atoms with E-state index >= 15 is 0 Å². The molecule has 1 rings (SSSR count). The first-order valence-electron chi connectivity index (χ1n) is 10.8. The number of nitrogens with one attached hydrogen (secondary N) is 1. The smallest absolute Gasteiger partial charge is 0.407 e. The number of esters is 1. The van der Waals surface area contributed by atoms with Crippen molar-refractivity contribution in [1.29, 1.82) is 0 Å². The van der Waals surface area contributed by atoms with Crippen LogP contribution in [0.15, 0.2) is 24.3 Å². The minimum atomic E-state index is -0.475. The molecule has 1 aromatic carbocycles. The predicted molar refractivity (Wildman–Crippen MR) is 119 cm³/mol. The summed E-state index contributed by atoms with van der Waals surface area (Å²) in [5.74, 6) is 0.540. The average Bonchev–Trinajstić information content (AvgIpc) is 2.57. The van der Waals surface area contributed by atoms with E-state index in [0.29, 0.717) is 13.2 Å². The van der Waals surface area contributed by atoms with Crippen LogP contribution in [0.25, 0.3) is 0 Å². The SMILES string of the molecule is CC(C)(C)OC(=O)Cc1cccc(OCCCCCCCNC(=O)OC(C)(C)C)c1. The van der Waals surface area contributed by atoms with Crippen LogP contribution in [-0.2, 0) is 20.7 Å². The van der Waals surface area contributed by atoms with Gasteiger partial charge in [0.2, 0.25) is 0 Å². The van der Waals surface area contributed by atoms with Crippen molar-refractivity contribution in [2.75, 3.05) is 13.2 Å². The van der Waals surface area contributed by atoms with Crippen LogP contribution in [0.4, 0.5) is 4.79 Å². The van der Waals surface area contributed by atoms with Crippen molar-refractivity contribution in [3.8, 4) is 5.75 Å². The number of hydrogen-bond acceptors (Lipinski definition) is 5. The molecule has 1 amide bonds. The molecule has 0 aliphatic heterocycles. The maximum atomic E-state index is 12.0. The number of carbonyl (C=O) groups excluding carboxylic acids is 2. The molecule has 0 heterocycles. The van der Waals surface area contributed by atoms with E-state index < -0.39 is 11.2 Å². The topological polar surface area (TPSA) is 73.9 Å². The number of amides is 1. The Labute approximate surface area is 181 Å². The van der Waals surface area contributed by atoms with E-state index in [1.54, 1.807) is 0 Å². The quantitative estimate of drug-likeness (QED) is 0.381. The minimum Gasteiger partial charge on any atom is -0.494 e. The zero-order valence-corrected chi connectivity index (χ0v) is 19.5. The largest absolute Gasteiger partial charge is 0.494 e. The zero-order valence-electron chi connectivity index (χ0n) is 19.5. The van der Waals surface area contributed by atoms with Gasteiger partial charge in [-0.2, -0.15) is 0 Å². The predicted octanol–water partition coefficient (Wildman–Crippen LogP) is 5.42. The molecule has 1 aromatic rings. The fourth-order valence-electron chi connectivity index (χ4n) is 2.74. The number of alkyl carbamates (subject to hydrolysis) is 1. The molecule has 30 heavy (non-hydrogen) atoms. The molecular formula is C24H39NO5. The normalized spacial score (nSPS) is 11.7. The Kier molecular flexibility index (Phi) is 10.7. The zero-order chi connectivity index (χ0) is 22.6. The van der Waals surface area contributed by atoms with E-state index in [-0.39, 0.29) is 18.5 Å². The van der Waals surface area contributed by atoms with Crippen LogP contribution in [0.3, 0.4) is 0 Å². The van der Waals surface area contributed by atoms with Crippen LogP contribution < -0.4 is 10.1 Å². The van der Waals surface area contributed by atoms with Crippen LogP contribution in [0, 0.1) is 0 Å². The maximum Gasteiger partial charge on any atom is 0.407 e. The second kappa shape index (κ2) is 12.5. The van der Waals surface area contributed by atoms with E-state index in [1.165, 1.54) is 0 Å². The van der Waals surface area contributed by atoms with Gasteiger partial charge in [-0.25, -0.2) is 4.79 Å². The first-order chi connectivity index (χ1) is 13.9. The van der Waals surface area contributed by atoms with Gasteiger partial charge in [-0.05, 0) is 72.1 Å². The highest BCUT2D eigenvalue weighted by Crippen LogP contribution is 2.16. The molecule has 0 saturated carbocycles. The highest BCUT2D eigenvalue weighted by Gasteiger charge is 2.17. The minimum absolute atomic E-state index is 0.235. The lowest BCUT2D eigenvalue weighted by Gasteiger charge is -2.19. The van der Waals surface area contributed by atoms with Gasteiger partial charge in [0.1, 0.15) is 17.0 Å². The van der Waals surface area contributed by atoms with Crippen LogP contribution in [0.2, 0.25) is 0 Å². The van der Waals surface area contributed by atoms with E-state index in [4.69, 9.17) is 14.2 Å². The monoisotopic (exact) mass is 421 g/mol. The van der Waals surface area contributed by atoms with Gasteiger partial charge >= 0.3 is 12.1 Å². The van der Waals surface area contributed by atoms with Crippen molar-refractivity contribution in [2.45, 2.75) is 91.3 Å². The highest BCUT2D eigenvalue weighted by atomic mass is 16.6. The molecule has 0 unspecified atom stereocenters. The number of unbranched alkanes of at least 4 members (excludes halogenated alkanes) is 4. The lowest BCUT2D eigenvalue weighted by atomic mass is 10.1. The summed E-state index contributed by atoms with van der Waals surface area (Å²) in [4.78, 5) is 23.5. The molecule has 0 aliphatic carbocycles. The van der Waals surface area contributed by atoms with Crippen molar-refractivity contribution >= 4 is 12.1 Å². The van der Waals surface area contributed by atoms with Gasteiger partial charge in [0.15, 0.2) is 0 Å². The summed E-state index contributed by atoms with van der Waals surface area (Å²) in [6.07, 6.45) is 5.02. The molecule has 170 valence electrons. The van der Waals surface area contributed by atoms with Crippen molar-refractivity contribution in [1.82, 2.24) is 5.32 Å². The average molecular weight is 422 g/mol. The van der Waals surface area contributed by atoms with E-state index in [1.807, 2.05) is 65.8 Å². The van der Waals surface area contributed by atoms with Gasteiger partial charge in [0, 0.05) is 6.54 Å². The molecule has 0 spiro atoms. The van der Waals surface area contributed by atoms with E-state index in [2.05, 4.69) is 5.32 Å². The van der Waals surface area contributed by atoms with Gasteiger partial charge in [-0.1, -0.05) is 31.4 Å². The van der Waals surface area contributed by atoms with Crippen LogP contribution in [-0.4, -0.2) is 36.4 Å². The molecule has 0 aliphatic rings. The molecule has 0 radical (unpaired) electrons. The molecule has 0 saturated heterocycles. The van der Waals surface area contributed by atoms with Crippen molar-refractivity contribution < 1.29 is 23.8 Å². The molecule has 0 aromatic heterocycles. The Morgan fingerprint density at radius 1 is 0.867 bits per heavy atom. The number of rotatable bonds is 11. The number of ether oxygens (including phenoxy) is 3. The first-order valence-corrected chi connectivity index (χ1v) is 10.8. The summed E-state index contributed by atoms with van der Waals surface area (Å²) in [6, 6.07) is 7.60. The Hall–Kier alpha value is -2.24. The van der Waals surface area contributed by atoms with Crippen LogP contribution in [0.1, 0.15) is 79.2 Å². The van der Waals surface area contributed by atoms with Crippen LogP contribution in [0.5, 0.6) is 5.75 Å². The Bertz CT molecular complexity index is 658. The lowest BCUT2D eigenvalue weighted by Crippen LogP contribution is -2.32. The Morgan fingerprint density at radius 2 is 1.50 bits per heavy atom. The summed E-state index contributed by atoms with van der Waals surface area (Å²) in [5.41, 5.74) is -0.0460. The Morgan fingerprint density at radius 3 is 2.17 bits per heavy atom. The number of carbonyl (C=O) groups is 2. The molecular weight excluding hydrogens is 382 g/mol. The standard InChI is InChI=1S/C24H39NO5/c1-23(2,3)29-21(26)18-19-13-12-14-20(17-19)28-16-11-9-7-8-10-15-25-22(27)30-24(4,5)6/h12-14,17H,7-11,15-16,18H2,1-6H3,(H,25,27). The summed E-state index contributed by atoms with van der Waals surface area (Å²) < 4.78 is 16.4. The molecule has 0 atom stereocenters. The van der Waals surface area contributed by atoms with Crippen molar-refractivity contribution in [3.63, 3.8) is 0 Å². The molecule has 6 heteroatoms. The van der Waals surface area contributed by atoms with Crippen molar-refractivity contribution in [3.05, 3.63) is 29.8 Å². The lowest BCUT2D eigenvalue weighted by molar-refractivity contribution is -0.153. The second-order valence-electron chi connectivity index (χ2n) is 9.46. The third-order valence-electron chi connectivity index (χ3n) is 3.92. The first kappa shape index (κ1) is 25.8. The third kappa shape index (κ3) is 13.9. The van der Waals surface area contributed by atoms with Crippen LogP contribution >= 0.6 is 0 Å². The van der Waals surface area contributed by atoms with Gasteiger partial charge in [0.05, 0.1) is 13.0 Å². The van der Waals surface area contributed by atoms with Gasteiger partial charge < -0.3 is 19.5 Å². The van der Waals surface area contributed by atoms with Gasteiger partial charge in [-0.15, -0.1) is 0 Å². The maximum absolute atomic E-state index is 12.0. The Balaban J connectivity index is 2.13.